The van der Waals surface area contributed by atoms with Gasteiger partial charge in [-0.1, -0.05) is 62.4 Å². The molecule has 0 spiro atoms. The molecule has 1 aliphatic heterocycles. The highest BCUT2D eigenvalue weighted by Crippen LogP contribution is 2.50. The third-order valence-corrected chi connectivity index (χ3v) is 5.56. The molecule has 1 N–H and O–H groups in total. The Kier molecular flexibility index (Phi) is 3.87. The normalized spacial score (nSPS) is 23.9. The van der Waals surface area contributed by atoms with E-state index in [0.29, 0.717) is 17.8 Å². The number of carboxylic acids is 1. The number of carboxylic acid groups (broad SMARTS) is 1. The number of carbonyl (C=O) groups excluding carboxylic acids is 1. The van der Waals surface area contributed by atoms with Crippen LogP contribution in [0.4, 0.5) is 5.69 Å². The number of benzene rings is 2. The molecular formula is C22H22NO2-. The summed E-state index contributed by atoms with van der Waals surface area (Å²) >= 11 is 0. The van der Waals surface area contributed by atoms with Crippen LogP contribution in [0, 0.1) is 5.92 Å². The second kappa shape index (κ2) is 6.07. The second-order valence-corrected chi connectivity index (χ2v) is 7.39. The van der Waals surface area contributed by atoms with Crippen molar-refractivity contribution in [3.05, 3.63) is 76.9 Å². The molecule has 1 aliphatic carbocycles. The first-order valence-electron chi connectivity index (χ1n) is 8.93. The Balaban J connectivity index is 1.71. The van der Waals surface area contributed by atoms with Crippen molar-refractivity contribution in [1.82, 2.24) is 0 Å². The summed E-state index contributed by atoms with van der Waals surface area (Å²) < 4.78 is 0. The van der Waals surface area contributed by atoms with Crippen molar-refractivity contribution in [2.45, 2.75) is 38.1 Å². The minimum atomic E-state index is -1.13. The van der Waals surface area contributed by atoms with Crippen LogP contribution in [-0.2, 0) is 0 Å². The molecule has 0 amide bonds. The minimum absolute atomic E-state index is 0.188. The van der Waals surface area contributed by atoms with E-state index in [4.69, 9.17) is 0 Å². The molecule has 25 heavy (non-hydrogen) atoms. The van der Waals surface area contributed by atoms with Crippen molar-refractivity contribution in [1.29, 1.82) is 0 Å². The number of aromatic carboxylic acids is 1. The van der Waals surface area contributed by atoms with Crippen LogP contribution in [0.5, 0.6) is 0 Å². The maximum Gasteiger partial charge on any atom is 0.0715 e. The predicted octanol–water partition coefficient (Wildman–Crippen LogP) is 4.00. The number of hydrogen-bond donors (Lipinski definition) is 1. The number of nitrogens with one attached hydrogen (secondary N) is 1. The predicted molar refractivity (Wildman–Crippen MR) is 97.7 cm³/mol. The van der Waals surface area contributed by atoms with Gasteiger partial charge in [0.2, 0.25) is 0 Å². The van der Waals surface area contributed by atoms with E-state index in [0.717, 1.165) is 12.0 Å². The second-order valence-electron chi connectivity index (χ2n) is 7.39. The van der Waals surface area contributed by atoms with Crippen molar-refractivity contribution in [2.24, 2.45) is 5.92 Å². The molecule has 3 nitrogen and oxygen atoms in total. The number of fused-ring (bicyclic) bond motifs is 3. The molecule has 1 heterocycles. The van der Waals surface area contributed by atoms with Gasteiger partial charge >= 0.3 is 0 Å². The molecule has 0 bridgehead atoms. The van der Waals surface area contributed by atoms with Gasteiger partial charge < -0.3 is 15.2 Å². The standard InChI is InChI=1S/C22H23NO2/c1-13(2)16-10-11-20-19(12-16)17-4-3-5-18(17)21(23-20)14-6-8-15(9-7-14)22(24)25/h3-4,6-13,17-18,21,23H,5H2,1-2H3,(H,24,25)/p-1/t17-,18+,21-/m0/s1. The zero-order chi connectivity index (χ0) is 17.6. The average molecular weight is 332 g/mol. The number of allylic oxidation sites excluding steroid dienone is 2. The highest BCUT2D eigenvalue weighted by atomic mass is 16.4. The Morgan fingerprint density at radius 1 is 1.16 bits per heavy atom. The van der Waals surface area contributed by atoms with Gasteiger partial charge in [-0.3, -0.25) is 0 Å². The van der Waals surface area contributed by atoms with Gasteiger partial charge in [-0.25, -0.2) is 0 Å². The van der Waals surface area contributed by atoms with Gasteiger partial charge in [-0.2, -0.15) is 0 Å². The number of rotatable bonds is 3. The fourth-order valence-electron chi connectivity index (χ4n) is 4.13. The van der Waals surface area contributed by atoms with E-state index >= 15 is 0 Å². The van der Waals surface area contributed by atoms with Crippen LogP contribution in [0.2, 0.25) is 0 Å². The van der Waals surface area contributed by atoms with Gasteiger partial charge in [-0.15, -0.1) is 0 Å². The molecule has 0 saturated heterocycles. The Morgan fingerprint density at radius 2 is 1.92 bits per heavy atom. The first-order valence-corrected chi connectivity index (χ1v) is 8.93. The molecule has 0 fully saturated rings. The van der Waals surface area contributed by atoms with Crippen molar-refractivity contribution in [3.63, 3.8) is 0 Å². The first kappa shape index (κ1) is 15.9. The highest BCUT2D eigenvalue weighted by molar-refractivity contribution is 5.85. The van der Waals surface area contributed by atoms with E-state index in [1.807, 2.05) is 12.1 Å². The number of anilines is 1. The smallest absolute Gasteiger partial charge is 0.0715 e. The lowest BCUT2D eigenvalue weighted by Crippen LogP contribution is -2.29. The maximum absolute atomic E-state index is 11.0. The summed E-state index contributed by atoms with van der Waals surface area (Å²) in [6, 6.07) is 14.0. The Labute approximate surface area is 148 Å². The lowest BCUT2D eigenvalue weighted by molar-refractivity contribution is -0.255. The molecule has 2 aromatic carbocycles. The third-order valence-electron chi connectivity index (χ3n) is 5.56. The van der Waals surface area contributed by atoms with Crippen LogP contribution in [0.1, 0.15) is 65.2 Å². The summed E-state index contributed by atoms with van der Waals surface area (Å²) in [6.45, 7) is 4.45. The molecule has 0 unspecified atom stereocenters. The number of carbonyl (C=O) groups is 1. The fourth-order valence-corrected chi connectivity index (χ4v) is 4.13. The van der Waals surface area contributed by atoms with Crippen LogP contribution < -0.4 is 10.4 Å². The van der Waals surface area contributed by atoms with E-state index in [1.165, 1.54) is 16.8 Å². The first-order chi connectivity index (χ1) is 12.0. The fraction of sp³-hybridized carbons (Fsp3) is 0.318. The molecule has 0 saturated carbocycles. The molecule has 128 valence electrons. The largest absolute Gasteiger partial charge is 0.545 e. The van der Waals surface area contributed by atoms with E-state index in [2.05, 4.69) is 49.5 Å². The van der Waals surface area contributed by atoms with Gasteiger partial charge in [-0.05, 0) is 46.6 Å². The Bertz CT molecular complexity index is 836. The number of hydrogen-bond acceptors (Lipinski definition) is 3. The maximum atomic E-state index is 11.0. The summed E-state index contributed by atoms with van der Waals surface area (Å²) in [4.78, 5) is 11.0. The molecule has 0 radical (unpaired) electrons. The summed E-state index contributed by atoms with van der Waals surface area (Å²) in [5, 5.41) is 14.7. The SMILES string of the molecule is CC(C)c1ccc2c(c1)[C@H]1C=CC[C@H]1[C@H](c1ccc(C(=O)[O-])cc1)N2. The Morgan fingerprint density at radius 3 is 2.60 bits per heavy atom. The van der Waals surface area contributed by atoms with Crippen LogP contribution in [0.15, 0.2) is 54.6 Å². The molecule has 2 aromatic rings. The lowest BCUT2D eigenvalue weighted by atomic mass is 9.76. The van der Waals surface area contributed by atoms with Crippen molar-refractivity contribution in [2.75, 3.05) is 5.32 Å². The van der Waals surface area contributed by atoms with Crippen molar-refractivity contribution >= 4 is 11.7 Å². The van der Waals surface area contributed by atoms with Crippen LogP contribution in [-0.4, -0.2) is 5.97 Å². The Hall–Kier alpha value is -2.55. The van der Waals surface area contributed by atoms with Crippen molar-refractivity contribution < 1.29 is 9.90 Å². The van der Waals surface area contributed by atoms with Crippen LogP contribution in [0.3, 0.4) is 0 Å². The summed E-state index contributed by atoms with van der Waals surface area (Å²) in [6.07, 6.45) is 5.64. The highest BCUT2D eigenvalue weighted by Gasteiger charge is 2.37. The summed E-state index contributed by atoms with van der Waals surface area (Å²) in [7, 11) is 0. The van der Waals surface area contributed by atoms with Gasteiger partial charge in [0.25, 0.3) is 0 Å². The molecular weight excluding hydrogens is 310 g/mol. The average Bonchev–Trinajstić information content (AvgIpc) is 3.10. The van der Waals surface area contributed by atoms with Gasteiger partial charge in [0.1, 0.15) is 0 Å². The lowest BCUT2D eigenvalue weighted by Gasteiger charge is -2.38. The summed E-state index contributed by atoms with van der Waals surface area (Å²) in [5.41, 5.74) is 5.29. The molecule has 4 rings (SSSR count). The topological polar surface area (TPSA) is 52.2 Å². The van der Waals surface area contributed by atoms with Crippen LogP contribution >= 0.6 is 0 Å². The van der Waals surface area contributed by atoms with E-state index in [-0.39, 0.29) is 11.6 Å². The third kappa shape index (κ3) is 2.74. The van der Waals surface area contributed by atoms with E-state index in [9.17, 15) is 9.90 Å². The quantitative estimate of drug-likeness (QED) is 0.864. The monoisotopic (exact) mass is 332 g/mol. The van der Waals surface area contributed by atoms with Gasteiger partial charge in [0.15, 0.2) is 0 Å². The zero-order valence-electron chi connectivity index (χ0n) is 14.5. The molecule has 2 aliphatic rings. The van der Waals surface area contributed by atoms with E-state index < -0.39 is 5.97 Å². The van der Waals surface area contributed by atoms with Gasteiger partial charge in [0.05, 0.1) is 12.0 Å². The van der Waals surface area contributed by atoms with Gasteiger partial charge in [0, 0.05) is 11.6 Å². The van der Waals surface area contributed by atoms with Crippen LogP contribution in [0.25, 0.3) is 0 Å². The zero-order valence-corrected chi connectivity index (χ0v) is 14.5. The minimum Gasteiger partial charge on any atom is -0.545 e. The molecule has 0 aromatic heterocycles. The van der Waals surface area contributed by atoms with Crippen molar-refractivity contribution in [3.8, 4) is 0 Å². The van der Waals surface area contributed by atoms with E-state index in [1.54, 1.807) is 12.1 Å². The molecule has 3 atom stereocenters. The molecule has 3 heteroatoms. The summed E-state index contributed by atoms with van der Waals surface area (Å²) in [5.74, 6) is 0.267.